The van der Waals surface area contributed by atoms with Gasteiger partial charge in [-0.25, -0.2) is 9.37 Å². The number of aromatic nitrogens is 2. The van der Waals surface area contributed by atoms with E-state index >= 15 is 0 Å². The van der Waals surface area contributed by atoms with E-state index in [1.54, 1.807) is 6.07 Å². The minimum Gasteiger partial charge on any atom is -0.363 e. The van der Waals surface area contributed by atoms with Crippen LogP contribution >= 0.6 is 11.6 Å². The number of nitrogens with zero attached hydrogens (tertiary/aromatic N) is 2. The van der Waals surface area contributed by atoms with Gasteiger partial charge in [0.2, 0.25) is 5.95 Å². The Morgan fingerprint density at radius 2 is 2.15 bits per heavy atom. The molecule has 0 aliphatic carbocycles. The van der Waals surface area contributed by atoms with Gasteiger partial charge < -0.3 is 10.6 Å². The van der Waals surface area contributed by atoms with E-state index in [0.717, 1.165) is 24.7 Å². The quantitative estimate of drug-likeness (QED) is 0.853. The van der Waals surface area contributed by atoms with Crippen LogP contribution in [0.25, 0.3) is 0 Å². The van der Waals surface area contributed by atoms with Crippen molar-refractivity contribution < 1.29 is 4.39 Å². The lowest BCUT2D eigenvalue weighted by molar-refractivity contribution is 0.617. The third kappa shape index (κ3) is 4.06. The zero-order valence-electron chi connectivity index (χ0n) is 11.2. The largest absolute Gasteiger partial charge is 0.363 e. The molecule has 0 atom stereocenters. The lowest BCUT2D eigenvalue weighted by Gasteiger charge is -2.09. The Balaban J connectivity index is 2.04. The van der Waals surface area contributed by atoms with E-state index in [1.807, 2.05) is 25.1 Å². The summed E-state index contributed by atoms with van der Waals surface area (Å²) in [4.78, 5) is 7.99. The molecule has 0 spiro atoms. The first-order valence-corrected chi connectivity index (χ1v) is 6.81. The minimum absolute atomic E-state index is 0.179. The monoisotopic (exact) mass is 294 g/mol. The molecule has 0 radical (unpaired) electrons. The average molecular weight is 295 g/mol. The molecule has 20 heavy (non-hydrogen) atoms. The van der Waals surface area contributed by atoms with Crippen molar-refractivity contribution in [1.82, 2.24) is 9.97 Å². The van der Waals surface area contributed by atoms with Gasteiger partial charge in [0, 0.05) is 18.1 Å². The van der Waals surface area contributed by atoms with Crippen molar-refractivity contribution in [2.45, 2.75) is 19.9 Å². The summed E-state index contributed by atoms with van der Waals surface area (Å²) in [5.74, 6) is 0.120. The fraction of sp³-hybridized carbons (Fsp3) is 0.286. The van der Waals surface area contributed by atoms with Crippen LogP contribution in [0.15, 0.2) is 30.5 Å². The summed E-state index contributed by atoms with van der Waals surface area (Å²) in [7, 11) is 0. The van der Waals surface area contributed by atoms with Gasteiger partial charge >= 0.3 is 0 Å². The van der Waals surface area contributed by atoms with Crippen LogP contribution < -0.4 is 10.6 Å². The van der Waals surface area contributed by atoms with E-state index in [1.165, 1.54) is 0 Å². The first-order valence-electron chi connectivity index (χ1n) is 6.43. The van der Waals surface area contributed by atoms with Crippen LogP contribution in [-0.4, -0.2) is 16.5 Å². The average Bonchev–Trinajstić information content (AvgIpc) is 2.45. The topological polar surface area (TPSA) is 49.8 Å². The normalized spacial score (nSPS) is 10.3. The predicted octanol–water partition coefficient (Wildman–Crippen LogP) is 3.70. The van der Waals surface area contributed by atoms with Gasteiger partial charge in [-0.15, -0.1) is 0 Å². The van der Waals surface area contributed by atoms with Gasteiger partial charge in [0.15, 0.2) is 11.6 Å². The molecule has 0 saturated carbocycles. The fourth-order valence-electron chi connectivity index (χ4n) is 1.65. The summed E-state index contributed by atoms with van der Waals surface area (Å²) in [6.45, 7) is 3.23. The molecule has 0 fully saturated rings. The van der Waals surface area contributed by atoms with E-state index in [9.17, 15) is 4.39 Å². The van der Waals surface area contributed by atoms with Crippen molar-refractivity contribution in [3.8, 4) is 0 Å². The molecule has 1 aromatic carbocycles. The highest BCUT2D eigenvalue weighted by Gasteiger charge is 2.06. The molecule has 0 aliphatic rings. The summed E-state index contributed by atoms with van der Waals surface area (Å²) in [5.41, 5.74) is 0.957. The lowest BCUT2D eigenvalue weighted by atomic mass is 10.2. The Hall–Kier alpha value is -1.88. The number of halogens is 2. The smallest absolute Gasteiger partial charge is 0.224 e. The van der Waals surface area contributed by atoms with Gasteiger partial charge in [-0.05, 0) is 24.1 Å². The van der Waals surface area contributed by atoms with E-state index in [2.05, 4.69) is 20.6 Å². The highest BCUT2D eigenvalue weighted by Crippen LogP contribution is 2.15. The summed E-state index contributed by atoms with van der Waals surface area (Å²) in [6, 6.07) is 7.38. The molecule has 106 valence electrons. The van der Waals surface area contributed by atoms with Gasteiger partial charge in [0.05, 0.1) is 6.20 Å². The van der Waals surface area contributed by atoms with E-state index in [0.29, 0.717) is 17.5 Å². The van der Waals surface area contributed by atoms with Crippen LogP contribution in [0.2, 0.25) is 5.02 Å². The first kappa shape index (κ1) is 14.5. The molecule has 2 rings (SSSR count). The molecule has 0 saturated heterocycles. The van der Waals surface area contributed by atoms with Crippen molar-refractivity contribution in [1.29, 1.82) is 0 Å². The molecule has 4 nitrogen and oxygen atoms in total. The number of anilines is 2. The van der Waals surface area contributed by atoms with Crippen LogP contribution in [0.5, 0.6) is 0 Å². The summed E-state index contributed by atoms with van der Waals surface area (Å²) in [6.07, 6.45) is 2.11. The molecule has 0 unspecified atom stereocenters. The molecular formula is C14H16ClFN4. The maximum absolute atomic E-state index is 13.6. The Bertz CT molecular complexity index is 577. The van der Waals surface area contributed by atoms with Crippen LogP contribution in [0.3, 0.4) is 0 Å². The van der Waals surface area contributed by atoms with Gasteiger partial charge in [-0.1, -0.05) is 30.7 Å². The van der Waals surface area contributed by atoms with E-state index in [4.69, 9.17) is 11.6 Å². The summed E-state index contributed by atoms with van der Waals surface area (Å²) < 4.78 is 13.6. The minimum atomic E-state index is -0.478. The van der Waals surface area contributed by atoms with Gasteiger partial charge in [-0.2, -0.15) is 4.98 Å². The number of nitrogens with one attached hydrogen (secondary N) is 2. The van der Waals surface area contributed by atoms with Crippen molar-refractivity contribution in [2.75, 3.05) is 17.2 Å². The highest BCUT2D eigenvalue weighted by atomic mass is 35.5. The molecule has 1 aromatic heterocycles. The third-order valence-corrected chi connectivity index (χ3v) is 2.86. The lowest BCUT2D eigenvalue weighted by Crippen LogP contribution is -2.09. The van der Waals surface area contributed by atoms with E-state index in [-0.39, 0.29) is 5.82 Å². The molecule has 0 amide bonds. The zero-order chi connectivity index (χ0) is 14.4. The Labute approximate surface area is 122 Å². The maximum Gasteiger partial charge on any atom is 0.224 e. The second-order valence-corrected chi connectivity index (χ2v) is 4.74. The Morgan fingerprint density at radius 3 is 2.90 bits per heavy atom. The Morgan fingerprint density at radius 1 is 1.30 bits per heavy atom. The molecular weight excluding hydrogens is 279 g/mol. The molecule has 0 aliphatic heterocycles. The van der Waals surface area contributed by atoms with Crippen molar-refractivity contribution in [3.05, 3.63) is 46.9 Å². The number of rotatable bonds is 6. The molecule has 1 heterocycles. The van der Waals surface area contributed by atoms with Crippen LogP contribution in [0.4, 0.5) is 16.2 Å². The third-order valence-electron chi connectivity index (χ3n) is 2.63. The molecule has 6 heteroatoms. The first-order chi connectivity index (χ1) is 9.69. The summed E-state index contributed by atoms with van der Waals surface area (Å²) >= 11 is 5.90. The van der Waals surface area contributed by atoms with Crippen molar-refractivity contribution in [3.63, 3.8) is 0 Å². The second kappa shape index (κ2) is 7.05. The SMILES string of the molecule is CCCNc1ncc(F)c(NCc2cccc(Cl)c2)n1. The van der Waals surface area contributed by atoms with E-state index < -0.39 is 5.82 Å². The van der Waals surface area contributed by atoms with Crippen molar-refractivity contribution >= 4 is 23.4 Å². The molecule has 2 aromatic rings. The number of hydrogen-bond donors (Lipinski definition) is 2. The van der Waals surface area contributed by atoms with Crippen LogP contribution in [0, 0.1) is 5.82 Å². The molecule has 2 N–H and O–H groups in total. The number of benzene rings is 1. The fourth-order valence-corrected chi connectivity index (χ4v) is 1.86. The van der Waals surface area contributed by atoms with Crippen molar-refractivity contribution in [2.24, 2.45) is 0 Å². The maximum atomic E-state index is 13.6. The highest BCUT2D eigenvalue weighted by molar-refractivity contribution is 6.30. The van der Waals surface area contributed by atoms with Crippen LogP contribution in [0.1, 0.15) is 18.9 Å². The van der Waals surface area contributed by atoms with Gasteiger partial charge in [0.1, 0.15) is 0 Å². The predicted molar refractivity (Wildman–Crippen MR) is 79.5 cm³/mol. The standard InChI is InChI=1S/C14H16ClFN4/c1-2-6-17-14-19-9-12(16)13(20-14)18-8-10-4-3-5-11(15)7-10/h3-5,7,9H,2,6,8H2,1H3,(H2,17,18,19,20). The molecule has 0 bridgehead atoms. The van der Waals surface area contributed by atoms with Gasteiger partial charge in [-0.3, -0.25) is 0 Å². The summed E-state index contributed by atoms with van der Waals surface area (Å²) in [5, 5.41) is 6.62. The van der Waals surface area contributed by atoms with Crippen LogP contribution in [-0.2, 0) is 6.54 Å². The zero-order valence-corrected chi connectivity index (χ0v) is 11.9. The van der Waals surface area contributed by atoms with Gasteiger partial charge in [0.25, 0.3) is 0 Å². The Kier molecular flexibility index (Phi) is 5.12. The number of hydrogen-bond acceptors (Lipinski definition) is 4. The second-order valence-electron chi connectivity index (χ2n) is 4.30.